The number of anilines is 1. The smallest absolute Gasteiger partial charge is 0.315 e. The molecule has 6 nitrogen and oxygen atoms in total. The standard InChI is InChI=1S/C16H24N4O2S/c1-20(2)15-18-10(9-23-15)8-17-14(21)19-12-11-4-7-22-13(11)16(12)5-3-6-16/h9,11-13H,3-8H2,1-2H3,(H2,17,19,21)/t11-,12+,13+/m1/s1. The number of nitrogens with one attached hydrogen (secondary N) is 2. The van der Waals surface area contributed by atoms with E-state index in [1.165, 1.54) is 19.3 Å². The number of fused-ring (bicyclic) bond motifs is 2. The molecule has 4 rings (SSSR count). The maximum atomic E-state index is 12.3. The van der Waals surface area contributed by atoms with E-state index in [0.29, 0.717) is 18.6 Å². The van der Waals surface area contributed by atoms with Gasteiger partial charge in [-0.25, -0.2) is 9.78 Å². The van der Waals surface area contributed by atoms with E-state index in [1.807, 2.05) is 24.4 Å². The van der Waals surface area contributed by atoms with E-state index in [-0.39, 0.29) is 17.5 Å². The van der Waals surface area contributed by atoms with Gasteiger partial charge in [0.05, 0.1) is 18.3 Å². The highest BCUT2D eigenvalue weighted by Crippen LogP contribution is 2.62. The largest absolute Gasteiger partial charge is 0.377 e. The summed E-state index contributed by atoms with van der Waals surface area (Å²) in [5.74, 6) is 0.515. The molecule has 2 N–H and O–H groups in total. The fourth-order valence-corrected chi connectivity index (χ4v) is 5.16. The minimum absolute atomic E-state index is 0.0778. The van der Waals surface area contributed by atoms with Crippen LogP contribution in [0.2, 0.25) is 0 Å². The average molecular weight is 336 g/mol. The van der Waals surface area contributed by atoms with E-state index < -0.39 is 0 Å². The third kappa shape index (κ3) is 2.41. The number of nitrogens with zero attached hydrogens (tertiary/aromatic N) is 2. The summed E-state index contributed by atoms with van der Waals surface area (Å²) in [4.78, 5) is 18.7. The first-order valence-corrected chi connectivity index (χ1v) is 9.26. The normalized spacial score (nSPS) is 30.3. The summed E-state index contributed by atoms with van der Waals surface area (Å²) in [6, 6.07) is 0.211. The molecular weight excluding hydrogens is 312 g/mol. The lowest BCUT2D eigenvalue weighted by Crippen LogP contribution is -2.72. The fourth-order valence-electron chi connectivity index (χ4n) is 4.40. The molecule has 126 valence electrons. The molecule has 3 aliphatic rings. The molecule has 23 heavy (non-hydrogen) atoms. The molecule has 2 heterocycles. The summed E-state index contributed by atoms with van der Waals surface area (Å²) >= 11 is 1.59. The molecule has 1 aromatic rings. The first kappa shape index (κ1) is 15.2. The highest BCUT2D eigenvalue weighted by Gasteiger charge is 2.66. The SMILES string of the molecule is CN(C)c1nc(CNC(=O)N[C@H]2[C@H]3CCO[C@@H]3C23CCC3)cs1. The van der Waals surface area contributed by atoms with Crippen molar-refractivity contribution in [3.63, 3.8) is 0 Å². The van der Waals surface area contributed by atoms with Crippen LogP contribution in [-0.4, -0.2) is 43.9 Å². The van der Waals surface area contributed by atoms with Gasteiger partial charge in [0.1, 0.15) is 0 Å². The van der Waals surface area contributed by atoms with Gasteiger partial charge in [0, 0.05) is 43.5 Å². The number of rotatable bonds is 4. The maximum absolute atomic E-state index is 12.3. The predicted molar refractivity (Wildman–Crippen MR) is 89.7 cm³/mol. The molecule has 1 saturated heterocycles. The van der Waals surface area contributed by atoms with Gasteiger partial charge in [-0.2, -0.15) is 0 Å². The van der Waals surface area contributed by atoms with Gasteiger partial charge in [0.25, 0.3) is 0 Å². The Hall–Kier alpha value is -1.34. The predicted octanol–water partition coefficient (Wildman–Crippen LogP) is 1.97. The van der Waals surface area contributed by atoms with Gasteiger partial charge in [-0.15, -0.1) is 11.3 Å². The van der Waals surface area contributed by atoms with Crippen LogP contribution in [0.1, 0.15) is 31.4 Å². The molecule has 1 aliphatic heterocycles. The summed E-state index contributed by atoms with van der Waals surface area (Å²) in [5.41, 5.74) is 1.14. The second kappa shape index (κ2) is 5.63. The van der Waals surface area contributed by atoms with E-state index in [2.05, 4.69) is 15.6 Å². The summed E-state index contributed by atoms with van der Waals surface area (Å²) in [6.07, 6.45) is 5.12. The zero-order valence-electron chi connectivity index (χ0n) is 13.7. The minimum atomic E-state index is -0.0778. The Morgan fingerprint density at radius 3 is 3.00 bits per heavy atom. The highest BCUT2D eigenvalue weighted by atomic mass is 32.1. The topological polar surface area (TPSA) is 66.5 Å². The highest BCUT2D eigenvalue weighted by molar-refractivity contribution is 7.13. The minimum Gasteiger partial charge on any atom is -0.377 e. The molecule has 7 heteroatoms. The lowest BCUT2D eigenvalue weighted by molar-refractivity contribution is -0.172. The van der Waals surface area contributed by atoms with Crippen LogP contribution in [0.3, 0.4) is 0 Å². The van der Waals surface area contributed by atoms with Crippen LogP contribution in [-0.2, 0) is 11.3 Å². The lowest BCUT2D eigenvalue weighted by Gasteiger charge is -2.63. The monoisotopic (exact) mass is 336 g/mol. The van der Waals surface area contributed by atoms with Gasteiger partial charge in [-0.05, 0) is 19.3 Å². The number of aromatic nitrogens is 1. The zero-order chi connectivity index (χ0) is 16.0. The van der Waals surface area contributed by atoms with Gasteiger partial charge in [0.15, 0.2) is 5.13 Å². The molecule has 2 saturated carbocycles. The van der Waals surface area contributed by atoms with Gasteiger partial charge < -0.3 is 20.3 Å². The molecule has 2 aliphatic carbocycles. The second-order valence-electron chi connectivity index (χ2n) is 7.15. The Bertz CT molecular complexity index is 599. The zero-order valence-corrected chi connectivity index (χ0v) is 14.5. The van der Waals surface area contributed by atoms with Gasteiger partial charge in [-0.3, -0.25) is 0 Å². The Kier molecular flexibility index (Phi) is 3.72. The molecule has 0 aromatic carbocycles. The quantitative estimate of drug-likeness (QED) is 0.882. The number of carbonyl (C=O) groups is 1. The second-order valence-corrected chi connectivity index (χ2v) is 7.99. The van der Waals surface area contributed by atoms with Crippen molar-refractivity contribution in [2.75, 3.05) is 25.6 Å². The maximum Gasteiger partial charge on any atom is 0.315 e. The Morgan fingerprint density at radius 2 is 2.35 bits per heavy atom. The summed E-state index contributed by atoms with van der Waals surface area (Å²) in [7, 11) is 3.94. The van der Waals surface area contributed by atoms with Crippen molar-refractivity contribution < 1.29 is 9.53 Å². The van der Waals surface area contributed by atoms with E-state index in [1.54, 1.807) is 11.3 Å². The number of hydrogen-bond acceptors (Lipinski definition) is 5. The first-order valence-electron chi connectivity index (χ1n) is 8.38. The van der Waals surface area contributed by atoms with E-state index in [9.17, 15) is 4.79 Å². The van der Waals surface area contributed by atoms with Crippen LogP contribution in [0, 0.1) is 11.3 Å². The van der Waals surface area contributed by atoms with Gasteiger partial charge in [0.2, 0.25) is 0 Å². The average Bonchev–Trinajstić information content (AvgIpc) is 3.09. The van der Waals surface area contributed by atoms with Crippen LogP contribution in [0.5, 0.6) is 0 Å². The number of hydrogen-bond donors (Lipinski definition) is 2. The van der Waals surface area contributed by atoms with Crippen molar-refractivity contribution in [2.24, 2.45) is 11.3 Å². The van der Waals surface area contributed by atoms with Crippen LogP contribution in [0.15, 0.2) is 5.38 Å². The van der Waals surface area contributed by atoms with Gasteiger partial charge in [-0.1, -0.05) is 6.42 Å². The molecule has 3 fully saturated rings. The van der Waals surface area contributed by atoms with E-state index in [0.717, 1.165) is 23.9 Å². The summed E-state index contributed by atoms with van der Waals surface area (Å²) < 4.78 is 5.89. The molecule has 0 bridgehead atoms. The number of carbonyl (C=O) groups excluding carboxylic acids is 1. The summed E-state index contributed by atoms with van der Waals surface area (Å²) in [5, 5.41) is 9.12. The molecule has 0 radical (unpaired) electrons. The number of amides is 2. The Balaban J connectivity index is 1.31. The van der Waals surface area contributed by atoms with E-state index in [4.69, 9.17) is 4.74 Å². The summed E-state index contributed by atoms with van der Waals surface area (Å²) in [6.45, 7) is 1.32. The fraction of sp³-hybridized carbons (Fsp3) is 0.750. The molecule has 2 amide bonds. The van der Waals surface area contributed by atoms with Crippen molar-refractivity contribution in [3.05, 3.63) is 11.1 Å². The van der Waals surface area contributed by atoms with Crippen LogP contribution < -0.4 is 15.5 Å². The number of thiazole rings is 1. The molecule has 3 atom stereocenters. The van der Waals surface area contributed by atoms with E-state index >= 15 is 0 Å². The number of urea groups is 1. The van der Waals surface area contributed by atoms with Crippen molar-refractivity contribution in [2.45, 2.75) is 44.4 Å². The third-order valence-electron chi connectivity index (χ3n) is 5.67. The lowest BCUT2D eigenvalue weighted by atomic mass is 9.46. The van der Waals surface area contributed by atoms with Crippen molar-refractivity contribution in [1.29, 1.82) is 0 Å². The van der Waals surface area contributed by atoms with Gasteiger partial charge >= 0.3 is 6.03 Å². The third-order valence-corrected chi connectivity index (χ3v) is 6.73. The van der Waals surface area contributed by atoms with Crippen molar-refractivity contribution >= 4 is 22.5 Å². The van der Waals surface area contributed by atoms with Crippen LogP contribution in [0.25, 0.3) is 0 Å². The first-order chi connectivity index (χ1) is 11.1. The van der Waals surface area contributed by atoms with Crippen LogP contribution >= 0.6 is 11.3 Å². The molecule has 0 unspecified atom stereocenters. The van der Waals surface area contributed by atoms with Crippen LogP contribution in [0.4, 0.5) is 9.93 Å². The Morgan fingerprint density at radius 1 is 1.52 bits per heavy atom. The van der Waals surface area contributed by atoms with Crippen molar-refractivity contribution in [3.8, 4) is 0 Å². The Labute approximate surface area is 140 Å². The van der Waals surface area contributed by atoms with Crippen molar-refractivity contribution in [1.82, 2.24) is 15.6 Å². The molecule has 1 spiro atoms. The molecule has 1 aromatic heterocycles. The number of ether oxygens (including phenoxy) is 1. The molecular formula is C16H24N4O2S.